The van der Waals surface area contributed by atoms with Gasteiger partial charge < -0.3 is 4.74 Å². The third-order valence-electron chi connectivity index (χ3n) is 4.99. The van der Waals surface area contributed by atoms with Crippen LogP contribution < -0.4 is 0 Å². The standard InChI is InChI=1S/C22H21NO3S/c1-27-15-18-11-22(12-18,20(24)19-9-7-16(13-23)8-10-19)21(25)26-14-17-5-3-2-4-6-17/h2-10,18H,11-12,14-15H2,1H3. The van der Waals surface area contributed by atoms with Gasteiger partial charge in [-0.1, -0.05) is 42.5 Å². The number of rotatable bonds is 7. The van der Waals surface area contributed by atoms with E-state index in [4.69, 9.17) is 10.00 Å². The number of carbonyl (C=O) groups is 2. The molecule has 1 aliphatic carbocycles. The van der Waals surface area contributed by atoms with Gasteiger partial charge in [0.15, 0.2) is 5.78 Å². The zero-order valence-corrected chi connectivity index (χ0v) is 16.0. The molecule has 1 saturated carbocycles. The van der Waals surface area contributed by atoms with Crippen LogP contribution >= 0.6 is 11.8 Å². The molecule has 1 aliphatic rings. The van der Waals surface area contributed by atoms with E-state index in [0.717, 1.165) is 11.3 Å². The maximum atomic E-state index is 13.2. The van der Waals surface area contributed by atoms with Gasteiger partial charge in [0.25, 0.3) is 0 Å². The highest BCUT2D eigenvalue weighted by atomic mass is 32.2. The lowest BCUT2D eigenvalue weighted by molar-refractivity contribution is -0.161. The van der Waals surface area contributed by atoms with Gasteiger partial charge in [-0.25, -0.2) is 0 Å². The van der Waals surface area contributed by atoms with Crippen LogP contribution in [0.4, 0.5) is 0 Å². The van der Waals surface area contributed by atoms with E-state index in [-0.39, 0.29) is 12.4 Å². The summed E-state index contributed by atoms with van der Waals surface area (Å²) in [4.78, 5) is 26.1. The van der Waals surface area contributed by atoms with Crippen LogP contribution in [0.3, 0.4) is 0 Å². The number of nitrogens with zero attached hydrogens (tertiary/aromatic N) is 1. The Morgan fingerprint density at radius 3 is 2.41 bits per heavy atom. The second-order valence-corrected chi connectivity index (χ2v) is 7.80. The maximum absolute atomic E-state index is 13.2. The molecule has 0 bridgehead atoms. The van der Waals surface area contributed by atoms with Gasteiger partial charge in [-0.05, 0) is 48.5 Å². The molecule has 138 valence electrons. The molecule has 0 radical (unpaired) electrons. The Labute approximate surface area is 163 Å². The summed E-state index contributed by atoms with van der Waals surface area (Å²) in [6, 6.07) is 17.9. The van der Waals surface area contributed by atoms with Gasteiger partial charge in [0.05, 0.1) is 11.6 Å². The zero-order chi connectivity index (χ0) is 19.3. The maximum Gasteiger partial charge on any atom is 0.320 e. The van der Waals surface area contributed by atoms with Gasteiger partial charge in [0, 0.05) is 5.56 Å². The van der Waals surface area contributed by atoms with Crippen molar-refractivity contribution in [1.82, 2.24) is 0 Å². The average Bonchev–Trinajstić information content (AvgIpc) is 2.69. The normalized spacial score (nSPS) is 21.0. The van der Waals surface area contributed by atoms with E-state index in [0.29, 0.717) is 29.9 Å². The lowest BCUT2D eigenvalue weighted by atomic mass is 9.59. The number of hydrogen-bond donors (Lipinski definition) is 0. The van der Waals surface area contributed by atoms with Crippen molar-refractivity contribution < 1.29 is 14.3 Å². The molecule has 0 unspecified atom stereocenters. The predicted molar refractivity (Wildman–Crippen MR) is 105 cm³/mol. The Kier molecular flexibility index (Phi) is 5.98. The second kappa shape index (κ2) is 8.41. The first-order valence-electron chi connectivity index (χ1n) is 8.84. The van der Waals surface area contributed by atoms with Crippen LogP contribution in [0.15, 0.2) is 54.6 Å². The number of carbonyl (C=O) groups excluding carboxylic acids is 2. The molecular formula is C22H21NO3S. The Balaban J connectivity index is 1.78. The van der Waals surface area contributed by atoms with Crippen molar-refractivity contribution in [2.24, 2.45) is 11.3 Å². The van der Waals surface area contributed by atoms with Gasteiger partial charge in [0.2, 0.25) is 0 Å². The summed E-state index contributed by atoms with van der Waals surface area (Å²) in [6.45, 7) is 0.162. The molecular weight excluding hydrogens is 358 g/mol. The van der Waals surface area contributed by atoms with Crippen LogP contribution in [0.5, 0.6) is 0 Å². The van der Waals surface area contributed by atoms with Crippen LogP contribution in [-0.2, 0) is 16.1 Å². The van der Waals surface area contributed by atoms with Crippen LogP contribution in [0, 0.1) is 22.7 Å². The van der Waals surface area contributed by atoms with Crippen LogP contribution in [0.25, 0.3) is 0 Å². The second-order valence-electron chi connectivity index (χ2n) is 6.89. The molecule has 0 spiro atoms. The molecule has 4 nitrogen and oxygen atoms in total. The SMILES string of the molecule is CSCC1CC(C(=O)OCc2ccccc2)(C(=O)c2ccc(C#N)cc2)C1. The predicted octanol–water partition coefficient (Wildman–Crippen LogP) is 4.24. The van der Waals surface area contributed by atoms with E-state index in [2.05, 4.69) is 0 Å². The summed E-state index contributed by atoms with van der Waals surface area (Å²) >= 11 is 1.72. The Hall–Kier alpha value is -2.58. The summed E-state index contributed by atoms with van der Waals surface area (Å²) in [5, 5.41) is 8.93. The molecule has 2 aromatic carbocycles. The van der Waals surface area contributed by atoms with Crippen molar-refractivity contribution in [3.05, 3.63) is 71.3 Å². The molecule has 3 rings (SSSR count). The quantitative estimate of drug-likeness (QED) is 0.409. The molecule has 0 aromatic heterocycles. The molecule has 2 aromatic rings. The molecule has 0 N–H and O–H groups in total. The van der Waals surface area contributed by atoms with Crippen LogP contribution in [0.2, 0.25) is 0 Å². The van der Waals surface area contributed by atoms with Gasteiger partial charge in [-0.15, -0.1) is 0 Å². The number of nitriles is 1. The molecule has 0 heterocycles. The summed E-state index contributed by atoms with van der Waals surface area (Å²) < 4.78 is 5.53. The number of ether oxygens (including phenoxy) is 1. The highest BCUT2D eigenvalue weighted by molar-refractivity contribution is 7.98. The lowest BCUT2D eigenvalue weighted by Gasteiger charge is -2.44. The topological polar surface area (TPSA) is 67.2 Å². The summed E-state index contributed by atoms with van der Waals surface area (Å²) in [6.07, 6.45) is 3.05. The number of benzene rings is 2. The first-order valence-corrected chi connectivity index (χ1v) is 10.2. The van der Waals surface area contributed by atoms with E-state index >= 15 is 0 Å². The molecule has 0 saturated heterocycles. The monoisotopic (exact) mass is 379 g/mol. The van der Waals surface area contributed by atoms with Crippen LogP contribution in [0.1, 0.15) is 34.3 Å². The fourth-order valence-corrected chi connectivity index (χ4v) is 4.26. The van der Waals surface area contributed by atoms with E-state index < -0.39 is 11.4 Å². The van der Waals surface area contributed by atoms with E-state index in [9.17, 15) is 9.59 Å². The smallest absolute Gasteiger partial charge is 0.320 e. The third kappa shape index (κ3) is 4.06. The Morgan fingerprint density at radius 2 is 1.81 bits per heavy atom. The van der Waals surface area contributed by atoms with E-state index in [1.165, 1.54) is 0 Å². The first kappa shape index (κ1) is 19.2. The molecule has 0 aliphatic heterocycles. The van der Waals surface area contributed by atoms with Crippen molar-refractivity contribution >= 4 is 23.5 Å². The summed E-state index contributed by atoms with van der Waals surface area (Å²) in [5.74, 6) is 0.612. The molecule has 0 amide bonds. The molecule has 5 heteroatoms. The largest absolute Gasteiger partial charge is 0.460 e. The number of esters is 1. The summed E-state index contributed by atoms with van der Waals surface area (Å²) in [7, 11) is 0. The fraction of sp³-hybridized carbons (Fsp3) is 0.318. The minimum Gasteiger partial charge on any atom is -0.460 e. The summed E-state index contributed by atoms with van der Waals surface area (Å²) in [5.41, 5.74) is 0.727. The minimum absolute atomic E-state index is 0.162. The van der Waals surface area contributed by atoms with E-state index in [1.807, 2.05) is 42.7 Å². The van der Waals surface area contributed by atoms with Crippen LogP contribution in [-0.4, -0.2) is 23.8 Å². The van der Waals surface area contributed by atoms with Gasteiger partial charge in [0.1, 0.15) is 12.0 Å². The van der Waals surface area contributed by atoms with Gasteiger partial charge >= 0.3 is 5.97 Å². The molecule has 0 atom stereocenters. The number of Topliss-reactive ketones (excluding diaryl/α,β-unsaturated/α-hetero) is 1. The van der Waals surface area contributed by atoms with Crippen molar-refractivity contribution in [3.8, 4) is 6.07 Å². The van der Waals surface area contributed by atoms with E-state index in [1.54, 1.807) is 36.0 Å². The highest BCUT2D eigenvalue weighted by Crippen LogP contribution is 2.50. The minimum atomic E-state index is -1.11. The first-order chi connectivity index (χ1) is 13.1. The Morgan fingerprint density at radius 1 is 1.15 bits per heavy atom. The molecule has 27 heavy (non-hydrogen) atoms. The third-order valence-corrected chi connectivity index (χ3v) is 5.80. The zero-order valence-electron chi connectivity index (χ0n) is 15.2. The Bertz CT molecular complexity index is 849. The lowest BCUT2D eigenvalue weighted by Crippen LogP contribution is -2.51. The van der Waals surface area contributed by atoms with Crippen molar-refractivity contribution in [1.29, 1.82) is 5.26 Å². The number of hydrogen-bond acceptors (Lipinski definition) is 5. The highest BCUT2D eigenvalue weighted by Gasteiger charge is 2.56. The van der Waals surface area contributed by atoms with Crippen molar-refractivity contribution in [3.63, 3.8) is 0 Å². The van der Waals surface area contributed by atoms with Crippen molar-refractivity contribution in [2.45, 2.75) is 19.4 Å². The van der Waals surface area contributed by atoms with Gasteiger partial charge in [-0.2, -0.15) is 17.0 Å². The fourth-order valence-electron chi connectivity index (χ4n) is 3.56. The number of thioether (sulfide) groups is 1. The molecule has 1 fully saturated rings. The average molecular weight is 379 g/mol. The number of ketones is 1. The van der Waals surface area contributed by atoms with Gasteiger partial charge in [-0.3, -0.25) is 9.59 Å². The van der Waals surface area contributed by atoms with Crippen molar-refractivity contribution in [2.75, 3.05) is 12.0 Å².